The number of benzene rings is 1. The van der Waals surface area contributed by atoms with Gasteiger partial charge in [0.1, 0.15) is 30.1 Å². The third-order valence-corrected chi connectivity index (χ3v) is 5.74. The minimum Gasteiger partial charge on any atom is -0.496 e. The second-order valence-electron chi connectivity index (χ2n) is 6.43. The van der Waals surface area contributed by atoms with E-state index < -0.39 is 11.7 Å². The summed E-state index contributed by atoms with van der Waals surface area (Å²) in [5, 5.41) is -0.00562. The predicted octanol–water partition coefficient (Wildman–Crippen LogP) is 3.87. The topological polar surface area (TPSA) is 46.9 Å². The Labute approximate surface area is 175 Å². The molecule has 0 bridgehead atoms. The SMILES string of the molecule is COc1cc(SC)ccc1C(=O)N1CCN(c2[nH+]cc(C(F)(F)F)cc2Cl)CC1. The number of carbonyl (C=O) groups excluding carboxylic acids is 1. The molecule has 1 aromatic carbocycles. The Kier molecular flexibility index (Phi) is 6.48. The van der Waals surface area contributed by atoms with Crippen molar-refractivity contribution >= 4 is 35.1 Å². The Hall–Kier alpha value is -2.13. The molecule has 0 atom stereocenters. The molecule has 0 saturated carbocycles. The fourth-order valence-corrected chi connectivity index (χ4v) is 3.87. The molecule has 29 heavy (non-hydrogen) atoms. The van der Waals surface area contributed by atoms with Crippen molar-refractivity contribution < 1.29 is 27.7 Å². The largest absolute Gasteiger partial charge is 0.496 e. The van der Waals surface area contributed by atoms with Crippen LogP contribution in [0.15, 0.2) is 35.4 Å². The number of amides is 1. The van der Waals surface area contributed by atoms with Gasteiger partial charge in [-0.2, -0.15) is 13.2 Å². The number of anilines is 1. The zero-order valence-corrected chi connectivity index (χ0v) is 17.4. The third kappa shape index (κ3) is 4.72. The van der Waals surface area contributed by atoms with Gasteiger partial charge >= 0.3 is 6.18 Å². The molecule has 156 valence electrons. The Morgan fingerprint density at radius 1 is 1.21 bits per heavy atom. The normalized spacial score (nSPS) is 14.8. The fourth-order valence-electron chi connectivity index (χ4n) is 3.15. The number of ether oxygens (including phenoxy) is 1. The number of aromatic nitrogens is 1. The summed E-state index contributed by atoms with van der Waals surface area (Å²) in [5.41, 5.74) is -0.348. The van der Waals surface area contributed by atoms with Gasteiger partial charge in [-0.05, 0) is 30.5 Å². The van der Waals surface area contributed by atoms with Gasteiger partial charge in [0.2, 0.25) is 0 Å². The molecule has 1 saturated heterocycles. The molecule has 0 aliphatic carbocycles. The molecule has 2 aromatic rings. The minimum absolute atomic E-state index is 0.00562. The van der Waals surface area contributed by atoms with Gasteiger partial charge in [-0.3, -0.25) is 9.69 Å². The minimum atomic E-state index is -4.46. The maximum absolute atomic E-state index is 12.9. The number of hydrogen-bond donors (Lipinski definition) is 0. The number of thioether (sulfide) groups is 1. The zero-order valence-electron chi connectivity index (χ0n) is 15.8. The van der Waals surface area contributed by atoms with Crippen LogP contribution in [0.5, 0.6) is 5.75 Å². The lowest BCUT2D eigenvalue weighted by atomic mass is 10.1. The summed E-state index contributed by atoms with van der Waals surface area (Å²) in [5.74, 6) is 0.786. The lowest BCUT2D eigenvalue weighted by Gasteiger charge is -2.31. The lowest BCUT2D eigenvalue weighted by molar-refractivity contribution is -0.367. The summed E-state index contributed by atoms with van der Waals surface area (Å²) < 4.78 is 43.8. The van der Waals surface area contributed by atoms with Crippen molar-refractivity contribution in [2.24, 2.45) is 0 Å². The van der Waals surface area contributed by atoms with E-state index in [-0.39, 0.29) is 10.9 Å². The number of pyridine rings is 1. The van der Waals surface area contributed by atoms with Gasteiger partial charge in [-0.25, -0.2) is 4.98 Å². The maximum Gasteiger partial charge on any atom is 0.419 e. The molecule has 1 aliphatic heterocycles. The lowest BCUT2D eigenvalue weighted by Crippen LogP contribution is -2.50. The van der Waals surface area contributed by atoms with Crippen molar-refractivity contribution in [2.75, 3.05) is 44.4 Å². The first-order chi connectivity index (χ1) is 13.7. The van der Waals surface area contributed by atoms with Gasteiger partial charge in [0.05, 0.1) is 31.3 Å². The van der Waals surface area contributed by atoms with Crippen molar-refractivity contribution in [3.8, 4) is 5.75 Å². The van der Waals surface area contributed by atoms with Crippen LogP contribution in [-0.2, 0) is 6.18 Å². The first kappa shape index (κ1) is 21.6. The number of halogens is 4. The number of methoxy groups -OCH3 is 1. The van der Waals surface area contributed by atoms with E-state index in [1.54, 1.807) is 22.7 Å². The molecular weight excluding hydrogens is 427 g/mol. The summed E-state index contributed by atoms with van der Waals surface area (Å²) in [6.07, 6.45) is -1.62. The van der Waals surface area contributed by atoms with E-state index in [1.807, 2.05) is 23.3 Å². The molecule has 0 radical (unpaired) electrons. The number of nitrogens with one attached hydrogen (secondary N) is 1. The third-order valence-electron chi connectivity index (χ3n) is 4.72. The number of aromatic amines is 1. The van der Waals surface area contributed by atoms with Crippen LogP contribution in [-0.4, -0.2) is 50.4 Å². The van der Waals surface area contributed by atoms with Crippen LogP contribution in [0.1, 0.15) is 15.9 Å². The van der Waals surface area contributed by atoms with Crippen LogP contribution in [0.25, 0.3) is 0 Å². The highest BCUT2D eigenvalue weighted by Gasteiger charge is 2.35. The Balaban J connectivity index is 1.70. The Morgan fingerprint density at radius 2 is 1.90 bits per heavy atom. The first-order valence-electron chi connectivity index (χ1n) is 8.79. The number of carbonyl (C=O) groups is 1. The van der Waals surface area contributed by atoms with Crippen LogP contribution >= 0.6 is 23.4 Å². The molecule has 1 aromatic heterocycles. The molecule has 2 heterocycles. The molecule has 1 N–H and O–H groups in total. The van der Waals surface area contributed by atoms with Crippen LogP contribution in [0.2, 0.25) is 5.02 Å². The quantitative estimate of drug-likeness (QED) is 0.669. The van der Waals surface area contributed by atoms with Gasteiger partial charge in [-0.15, -0.1) is 11.8 Å². The predicted molar refractivity (Wildman–Crippen MR) is 106 cm³/mol. The van der Waals surface area contributed by atoms with E-state index in [0.717, 1.165) is 17.2 Å². The highest BCUT2D eigenvalue weighted by Crippen LogP contribution is 2.32. The molecule has 1 fully saturated rings. The number of hydrogen-bond acceptors (Lipinski definition) is 4. The number of rotatable bonds is 4. The second kappa shape index (κ2) is 8.71. The van der Waals surface area contributed by atoms with Gasteiger partial charge in [0, 0.05) is 4.90 Å². The summed E-state index contributed by atoms with van der Waals surface area (Å²) in [6, 6.07) is 6.35. The van der Waals surface area contributed by atoms with E-state index in [2.05, 4.69) is 4.98 Å². The average molecular weight is 447 g/mol. The van der Waals surface area contributed by atoms with E-state index in [9.17, 15) is 18.0 Å². The molecule has 1 aliphatic rings. The van der Waals surface area contributed by atoms with Crippen LogP contribution < -0.4 is 14.6 Å². The van der Waals surface area contributed by atoms with E-state index in [4.69, 9.17) is 16.3 Å². The molecule has 5 nitrogen and oxygen atoms in total. The van der Waals surface area contributed by atoms with Crippen molar-refractivity contribution in [3.05, 3.63) is 46.6 Å². The van der Waals surface area contributed by atoms with Crippen molar-refractivity contribution in [1.29, 1.82) is 0 Å². The van der Waals surface area contributed by atoms with Crippen molar-refractivity contribution in [1.82, 2.24) is 4.90 Å². The molecule has 3 rings (SSSR count). The highest BCUT2D eigenvalue weighted by atomic mass is 35.5. The van der Waals surface area contributed by atoms with Crippen LogP contribution in [0.3, 0.4) is 0 Å². The van der Waals surface area contributed by atoms with Crippen molar-refractivity contribution in [2.45, 2.75) is 11.1 Å². The van der Waals surface area contributed by atoms with E-state index in [0.29, 0.717) is 43.3 Å². The molecule has 0 unspecified atom stereocenters. The van der Waals surface area contributed by atoms with Crippen LogP contribution in [0, 0.1) is 0 Å². The van der Waals surface area contributed by atoms with Gasteiger partial charge < -0.3 is 9.64 Å². The van der Waals surface area contributed by atoms with E-state index >= 15 is 0 Å². The standard InChI is InChI=1S/C19H19ClF3N3O2S/c1-28-16-10-13(29-2)3-4-14(16)18(27)26-7-5-25(6-8-26)17-15(20)9-12(11-24-17)19(21,22)23/h3-4,9-11H,5-8H2,1-2H3/p+1. The first-order valence-corrected chi connectivity index (χ1v) is 10.4. The average Bonchev–Trinajstić information content (AvgIpc) is 2.72. The summed E-state index contributed by atoms with van der Waals surface area (Å²) in [6.45, 7) is 1.71. The monoisotopic (exact) mass is 446 g/mol. The Morgan fingerprint density at radius 3 is 2.45 bits per heavy atom. The number of nitrogens with zero attached hydrogens (tertiary/aromatic N) is 2. The number of H-pyrrole nitrogens is 1. The zero-order chi connectivity index (χ0) is 21.2. The Bertz CT molecular complexity index is 903. The molecule has 10 heteroatoms. The van der Waals surface area contributed by atoms with Gasteiger partial charge in [0.25, 0.3) is 11.7 Å². The summed E-state index contributed by atoms with van der Waals surface area (Å²) >= 11 is 7.62. The van der Waals surface area contributed by atoms with E-state index in [1.165, 1.54) is 7.11 Å². The number of piperazine rings is 1. The summed E-state index contributed by atoms with van der Waals surface area (Å²) in [4.78, 5) is 20.1. The smallest absolute Gasteiger partial charge is 0.419 e. The van der Waals surface area contributed by atoms with Gasteiger partial charge in [0.15, 0.2) is 0 Å². The molecule has 0 spiro atoms. The number of alkyl halides is 3. The van der Waals surface area contributed by atoms with Crippen molar-refractivity contribution in [3.63, 3.8) is 0 Å². The second-order valence-corrected chi connectivity index (χ2v) is 7.71. The van der Waals surface area contributed by atoms with Gasteiger partial charge in [-0.1, -0.05) is 11.6 Å². The molecule has 1 amide bonds. The maximum atomic E-state index is 12.9. The highest BCUT2D eigenvalue weighted by molar-refractivity contribution is 7.98. The summed E-state index contributed by atoms with van der Waals surface area (Å²) in [7, 11) is 1.52. The fraction of sp³-hybridized carbons (Fsp3) is 0.368. The van der Waals surface area contributed by atoms with Crippen LogP contribution in [0.4, 0.5) is 19.0 Å². The molecular formula is C19H20ClF3N3O2S+.